The number of rotatable bonds is 5. The molecular formula is C20H23ClN6O3S. The summed E-state index contributed by atoms with van der Waals surface area (Å²) in [5, 5.41) is 13.8. The van der Waals surface area contributed by atoms with Crippen molar-refractivity contribution in [3.8, 4) is 5.88 Å². The minimum Gasteiger partial charge on any atom is -0.463 e. The number of hydrogen-bond acceptors (Lipinski definition) is 9. The maximum absolute atomic E-state index is 12.5. The van der Waals surface area contributed by atoms with E-state index in [1.165, 1.54) is 0 Å². The maximum atomic E-state index is 12.5. The van der Waals surface area contributed by atoms with E-state index in [0.29, 0.717) is 45.6 Å². The predicted molar refractivity (Wildman–Crippen MR) is 115 cm³/mol. The minimum atomic E-state index is -1.30. The van der Waals surface area contributed by atoms with Gasteiger partial charge in [-0.3, -0.25) is 4.21 Å². The molecule has 5 aliphatic rings. The zero-order chi connectivity index (χ0) is 21.2. The molecule has 2 aromatic rings. The second kappa shape index (κ2) is 7.25. The van der Waals surface area contributed by atoms with Gasteiger partial charge in [-0.2, -0.15) is 9.97 Å². The fourth-order valence-corrected chi connectivity index (χ4v) is 6.26. The summed E-state index contributed by atoms with van der Waals surface area (Å²) in [6, 6.07) is 0.604. The molecule has 164 valence electrons. The van der Waals surface area contributed by atoms with Gasteiger partial charge >= 0.3 is 0 Å². The molecule has 3 aliphatic heterocycles. The number of hydrogen-bond donors (Lipinski definition) is 2. The normalized spacial score (nSPS) is 30.1. The SMILES string of the molecule is O=[S@@]1COc2nc(N3C4CC(c5ncc(Cl)cn5)CC3C4)nc(NC3(CO)CCC3)c21. The van der Waals surface area contributed by atoms with Crippen molar-refractivity contribution in [3.05, 3.63) is 23.2 Å². The summed E-state index contributed by atoms with van der Waals surface area (Å²) in [5.41, 5.74) is -0.395. The molecular weight excluding hydrogens is 440 g/mol. The number of piperidine rings is 1. The van der Waals surface area contributed by atoms with Crippen LogP contribution in [0.1, 0.15) is 50.3 Å². The average Bonchev–Trinajstić information content (AvgIpc) is 3.12. The Morgan fingerprint density at radius 2 is 1.97 bits per heavy atom. The smallest absolute Gasteiger partial charge is 0.238 e. The molecule has 2 saturated carbocycles. The number of aromatic nitrogens is 4. The first kappa shape index (κ1) is 19.6. The molecule has 0 radical (unpaired) electrons. The van der Waals surface area contributed by atoms with Crippen LogP contribution in [0.2, 0.25) is 5.02 Å². The van der Waals surface area contributed by atoms with Crippen LogP contribution >= 0.6 is 11.6 Å². The molecule has 2 aliphatic carbocycles. The molecule has 0 spiro atoms. The molecule has 11 heteroatoms. The molecule has 5 heterocycles. The molecule has 31 heavy (non-hydrogen) atoms. The van der Waals surface area contributed by atoms with Crippen LogP contribution in [0.25, 0.3) is 0 Å². The molecule has 0 amide bonds. The van der Waals surface area contributed by atoms with E-state index in [-0.39, 0.29) is 12.5 Å². The standard InChI is InChI=1S/C20H23ClN6O3S/c21-12-7-22-16(23-8-12)11-4-13-6-14(5-11)27(13)19-24-17(26-20(9-28)2-1-3-20)15-18(25-19)30-10-31(15)29/h7-8,11,13-14,28H,1-6,9-10H2,(H,24,25,26)/t11?,13?,14?,31-/m1/s1. The van der Waals surface area contributed by atoms with E-state index >= 15 is 0 Å². The molecule has 9 nitrogen and oxygen atoms in total. The van der Waals surface area contributed by atoms with Crippen molar-refractivity contribution in [2.45, 2.75) is 67.0 Å². The van der Waals surface area contributed by atoms with Gasteiger partial charge in [-0.05, 0) is 38.5 Å². The van der Waals surface area contributed by atoms with Crippen molar-refractivity contribution in [2.24, 2.45) is 0 Å². The lowest BCUT2D eigenvalue weighted by molar-refractivity contribution is 0.143. The summed E-state index contributed by atoms with van der Waals surface area (Å²) in [5.74, 6) is 2.75. The average molecular weight is 463 g/mol. The monoisotopic (exact) mass is 462 g/mol. The summed E-state index contributed by atoms with van der Waals surface area (Å²) in [7, 11) is -1.30. The van der Waals surface area contributed by atoms with E-state index < -0.39 is 16.3 Å². The molecule has 2 saturated heterocycles. The summed E-state index contributed by atoms with van der Waals surface area (Å²) in [4.78, 5) is 21.0. The van der Waals surface area contributed by atoms with Gasteiger partial charge in [0.2, 0.25) is 11.8 Å². The van der Waals surface area contributed by atoms with Crippen molar-refractivity contribution in [1.82, 2.24) is 19.9 Å². The summed E-state index contributed by atoms with van der Waals surface area (Å²) < 4.78 is 18.1. The van der Waals surface area contributed by atoms with Gasteiger partial charge in [0.1, 0.15) is 21.5 Å². The lowest BCUT2D eigenvalue weighted by atomic mass is 9.73. The van der Waals surface area contributed by atoms with Gasteiger partial charge in [0.05, 0.1) is 17.2 Å². The zero-order valence-corrected chi connectivity index (χ0v) is 18.4. The fraction of sp³-hybridized carbons (Fsp3) is 0.600. The summed E-state index contributed by atoms with van der Waals surface area (Å²) >= 11 is 5.93. The van der Waals surface area contributed by atoms with Crippen LogP contribution in [0.4, 0.5) is 11.8 Å². The molecule has 0 aromatic carbocycles. The second-order valence-electron chi connectivity index (χ2n) is 8.91. The van der Waals surface area contributed by atoms with Gasteiger partial charge in [-0.1, -0.05) is 11.6 Å². The summed E-state index contributed by atoms with van der Waals surface area (Å²) in [6.45, 7) is 0.0202. The quantitative estimate of drug-likeness (QED) is 0.690. The predicted octanol–water partition coefficient (Wildman–Crippen LogP) is 2.23. The Morgan fingerprint density at radius 3 is 2.61 bits per heavy atom. The first-order chi connectivity index (χ1) is 15.0. The first-order valence-corrected chi connectivity index (χ1v) is 12.3. The number of fused-ring (bicyclic) bond motifs is 3. The van der Waals surface area contributed by atoms with Crippen LogP contribution in [-0.4, -0.2) is 59.4 Å². The number of nitrogens with one attached hydrogen (secondary N) is 1. The van der Waals surface area contributed by atoms with E-state index in [0.717, 1.165) is 44.3 Å². The third-order valence-corrected chi connectivity index (χ3v) is 8.38. The van der Waals surface area contributed by atoms with Crippen molar-refractivity contribution in [1.29, 1.82) is 0 Å². The molecule has 2 bridgehead atoms. The summed E-state index contributed by atoms with van der Waals surface area (Å²) in [6.07, 6.45) is 9.02. The zero-order valence-electron chi connectivity index (χ0n) is 16.8. The molecule has 4 fully saturated rings. The highest BCUT2D eigenvalue weighted by atomic mass is 35.5. The Hall–Kier alpha value is -2.04. The number of halogens is 1. The van der Waals surface area contributed by atoms with Crippen molar-refractivity contribution in [3.63, 3.8) is 0 Å². The van der Waals surface area contributed by atoms with Gasteiger partial charge in [0, 0.05) is 30.4 Å². The van der Waals surface area contributed by atoms with Gasteiger partial charge in [0.25, 0.3) is 0 Å². The third-order valence-electron chi connectivity index (χ3n) is 7.03. The fourth-order valence-electron chi connectivity index (χ4n) is 5.21. The van der Waals surface area contributed by atoms with E-state index in [1.54, 1.807) is 12.4 Å². The minimum absolute atomic E-state index is 0.0202. The molecule has 2 unspecified atom stereocenters. The van der Waals surface area contributed by atoms with E-state index in [9.17, 15) is 9.32 Å². The Morgan fingerprint density at radius 1 is 1.23 bits per heavy atom. The number of aliphatic hydroxyl groups is 1. The Labute approximate surface area is 187 Å². The molecule has 7 rings (SSSR count). The van der Waals surface area contributed by atoms with Crippen LogP contribution < -0.4 is 15.0 Å². The largest absolute Gasteiger partial charge is 0.463 e. The highest BCUT2D eigenvalue weighted by molar-refractivity contribution is 7.85. The van der Waals surface area contributed by atoms with Crippen molar-refractivity contribution >= 4 is 34.2 Å². The molecule has 3 atom stereocenters. The van der Waals surface area contributed by atoms with Crippen LogP contribution in [0.5, 0.6) is 5.88 Å². The number of anilines is 2. The Balaban J connectivity index is 1.28. The van der Waals surface area contributed by atoms with Gasteiger partial charge in [-0.25, -0.2) is 9.97 Å². The van der Waals surface area contributed by atoms with Crippen LogP contribution in [0.15, 0.2) is 17.3 Å². The first-order valence-electron chi connectivity index (χ1n) is 10.6. The number of nitrogens with zero attached hydrogens (tertiary/aromatic N) is 5. The molecule has 2 aromatic heterocycles. The molecule has 2 N–H and O–H groups in total. The van der Waals surface area contributed by atoms with Crippen LogP contribution in [0.3, 0.4) is 0 Å². The van der Waals surface area contributed by atoms with E-state index in [1.807, 2.05) is 0 Å². The van der Waals surface area contributed by atoms with E-state index in [2.05, 4.69) is 25.2 Å². The van der Waals surface area contributed by atoms with E-state index in [4.69, 9.17) is 21.3 Å². The van der Waals surface area contributed by atoms with Gasteiger partial charge in [-0.15, -0.1) is 0 Å². The Bertz CT molecular complexity index is 1030. The number of ether oxygens (including phenoxy) is 1. The maximum Gasteiger partial charge on any atom is 0.238 e. The Kier molecular flexibility index (Phi) is 4.59. The second-order valence-corrected chi connectivity index (χ2v) is 10.7. The highest BCUT2D eigenvalue weighted by Gasteiger charge is 2.48. The van der Waals surface area contributed by atoms with Crippen molar-refractivity contribution < 1.29 is 14.1 Å². The lowest BCUT2D eigenvalue weighted by Gasteiger charge is -2.55. The topological polar surface area (TPSA) is 113 Å². The highest BCUT2D eigenvalue weighted by Crippen LogP contribution is 2.48. The number of aliphatic hydroxyl groups excluding tert-OH is 1. The lowest BCUT2D eigenvalue weighted by Crippen LogP contribution is -2.61. The van der Waals surface area contributed by atoms with Crippen LogP contribution in [-0.2, 0) is 10.8 Å². The van der Waals surface area contributed by atoms with Crippen LogP contribution in [0, 0.1) is 0 Å². The van der Waals surface area contributed by atoms with Gasteiger partial charge in [0.15, 0.2) is 11.8 Å². The third kappa shape index (κ3) is 3.18. The van der Waals surface area contributed by atoms with Crippen molar-refractivity contribution in [2.75, 3.05) is 22.8 Å². The van der Waals surface area contributed by atoms with Gasteiger partial charge < -0.3 is 20.1 Å².